The minimum absolute atomic E-state index is 0.141. The summed E-state index contributed by atoms with van der Waals surface area (Å²) >= 11 is 0. The second-order valence-electron chi connectivity index (χ2n) is 6.08. The summed E-state index contributed by atoms with van der Waals surface area (Å²) in [5.74, 6) is -1.56. The van der Waals surface area contributed by atoms with E-state index in [1.807, 2.05) is 0 Å². The van der Waals surface area contributed by atoms with Crippen molar-refractivity contribution in [1.29, 1.82) is 0 Å². The predicted molar refractivity (Wildman–Crippen MR) is 89.9 cm³/mol. The predicted octanol–water partition coefficient (Wildman–Crippen LogP) is 0.674. The Labute approximate surface area is 153 Å². The van der Waals surface area contributed by atoms with Gasteiger partial charge in [-0.05, 0) is 25.8 Å². The normalized spacial score (nSPS) is 25.4. The molecule has 1 rings (SSSR count). The fourth-order valence-corrected chi connectivity index (χ4v) is 2.64. The lowest BCUT2D eigenvalue weighted by molar-refractivity contribution is -0.266. The van der Waals surface area contributed by atoms with Crippen LogP contribution < -0.4 is 5.73 Å². The molecule has 1 fully saturated rings. The maximum absolute atomic E-state index is 11.4. The Morgan fingerprint density at radius 1 is 1.00 bits per heavy atom. The molecule has 0 spiro atoms. The molecule has 0 aromatic carbocycles. The Morgan fingerprint density at radius 3 is 2.27 bits per heavy atom. The zero-order valence-corrected chi connectivity index (χ0v) is 15.6. The Morgan fingerprint density at radius 2 is 1.69 bits per heavy atom. The van der Waals surface area contributed by atoms with E-state index in [-0.39, 0.29) is 13.0 Å². The lowest BCUT2D eigenvalue weighted by atomic mass is 10.0. The Kier molecular flexibility index (Phi) is 10.2. The van der Waals surface area contributed by atoms with Gasteiger partial charge in [-0.3, -0.25) is 14.4 Å². The highest BCUT2D eigenvalue weighted by atomic mass is 16.7. The van der Waals surface area contributed by atoms with Crippen LogP contribution in [0.5, 0.6) is 0 Å². The molecule has 0 radical (unpaired) electrons. The summed E-state index contributed by atoms with van der Waals surface area (Å²) in [5.41, 5.74) is 5.45. The minimum atomic E-state index is -0.882. The molecule has 9 heteroatoms. The summed E-state index contributed by atoms with van der Waals surface area (Å²) in [6.07, 6.45) is -0.215. The number of unbranched alkanes of at least 4 members (excludes halogenated alkanes) is 2. The van der Waals surface area contributed by atoms with Crippen molar-refractivity contribution in [1.82, 2.24) is 0 Å². The average molecular weight is 375 g/mol. The lowest BCUT2D eigenvalue weighted by Crippen LogP contribution is -2.54. The van der Waals surface area contributed by atoms with Gasteiger partial charge in [-0.15, -0.1) is 0 Å². The summed E-state index contributed by atoms with van der Waals surface area (Å²) in [6.45, 7) is 4.72. The molecule has 26 heavy (non-hydrogen) atoms. The van der Waals surface area contributed by atoms with Crippen LogP contribution in [-0.2, 0) is 38.1 Å². The molecule has 9 nitrogen and oxygen atoms in total. The summed E-state index contributed by atoms with van der Waals surface area (Å²) in [5, 5.41) is 0. The number of ether oxygens (including phenoxy) is 5. The number of esters is 3. The molecular weight excluding hydrogens is 346 g/mol. The topological polar surface area (TPSA) is 123 Å². The Balaban J connectivity index is 2.75. The highest BCUT2D eigenvalue weighted by Gasteiger charge is 2.44. The highest BCUT2D eigenvalue weighted by molar-refractivity contribution is 5.67. The number of carbonyl (C=O) groups excluding carboxylic acids is 3. The van der Waals surface area contributed by atoms with E-state index in [0.717, 1.165) is 19.3 Å². The average Bonchev–Trinajstić information content (AvgIpc) is 2.54. The van der Waals surface area contributed by atoms with Gasteiger partial charge >= 0.3 is 17.9 Å². The van der Waals surface area contributed by atoms with Gasteiger partial charge in [-0.1, -0.05) is 0 Å². The zero-order valence-electron chi connectivity index (χ0n) is 15.6. The van der Waals surface area contributed by atoms with Crippen LogP contribution in [0.1, 0.15) is 46.5 Å². The van der Waals surface area contributed by atoms with Crippen molar-refractivity contribution in [3.63, 3.8) is 0 Å². The molecule has 0 aromatic heterocycles. The van der Waals surface area contributed by atoms with E-state index in [2.05, 4.69) is 0 Å². The maximum Gasteiger partial charge on any atom is 0.303 e. The lowest BCUT2D eigenvalue weighted by Gasteiger charge is -2.39. The van der Waals surface area contributed by atoms with Crippen molar-refractivity contribution in [3.05, 3.63) is 0 Å². The second kappa shape index (κ2) is 11.8. The van der Waals surface area contributed by atoms with E-state index >= 15 is 0 Å². The van der Waals surface area contributed by atoms with Gasteiger partial charge in [0.05, 0.1) is 0 Å². The molecular formula is C17H29NO8. The monoisotopic (exact) mass is 375 g/mol. The first-order valence-corrected chi connectivity index (χ1v) is 8.78. The zero-order chi connectivity index (χ0) is 19.5. The summed E-state index contributed by atoms with van der Waals surface area (Å²) in [4.78, 5) is 33.9. The van der Waals surface area contributed by atoms with Gasteiger partial charge in [0.2, 0.25) is 0 Å². The highest BCUT2D eigenvalue weighted by Crippen LogP contribution is 2.27. The van der Waals surface area contributed by atoms with Crippen molar-refractivity contribution >= 4 is 17.9 Å². The van der Waals surface area contributed by atoms with Gasteiger partial charge in [-0.25, -0.2) is 0 Å². The van der Waals surface area contributed by atoms with Gasteiger partial charge in [-0.2, -0.15) is 0 Å². The quantitative estimate of drug-likeness (QED) is 0.333. The Bertz CT molecular complexity index is 470. The number of rotatable bonds is 10. The molecule has 0 aliphatic carbocycles. The van der Waals surface area contributed by atoms with E-state index in [9.17, 15) is 14.4 Å². The van der Waals surface area contributed by atoms with Crippen LogP contribution in [0.25, 0.3) is 0 Å². The largest absolute Gasteiger partial charge is 0.463 e. The molecule has 0 aromatic rings. The standard InChI is InChI=1S/C17H29NO8/c1-11(19)23-10-15-17(25-13(3)21)14(24-12(2)20)9-16(26-15)22-8-6-4-5-7-18/h14-17H,4-10,18H2,1-3H3/t14-,15-,16-,17-/m1/s1. The van der Waals surface area contributed by atoms with Crippen molar-refractivity contribution in [2.45, 2.75) is 71.1 Å². The van der Waals surface area contributed by atoms with Crippen LogP contribution in [0.2, 0.25) is 0 Å². The third-order valence-electron chi connectivity index (χ3n) is 3.71. The first kappa shape index (κ1) is 22.3. The summed E-state index contributed by atoms with van der Waals surface area (Å²) < 4.78 is 27.0. The molecule has 1 heterocycles. The third-order valence-corrected chi connectivity index (χ3v) is 3.71. The van der Waals surface area contributed by atoms with Crippen LogP contribution >= 0.6 is 0 Å². The van der Waals surface area contributed by atoms with Gasteiger partial charge in [0.1, 0.15) is 18.8 Å². The van der Waals surface area contributed by atoms with E-state index in [1.165, 1.54) is 20.8 Å². The summed E-state index contributed by atoms with van der Waals surface area (Å²) in [6, 6.07) is 0. The van der Waals surface area contributed by atoms with E-state index in [0.29, 0.717) is 13.2 Å². The fraction of sp³-hybridized carbons (Fsp3) is 0.824. The fourth-order valence-electron chi connectivity index (χ4n) is 2.64. The van der Waals surface area contributed by atoms with Gasteiger partial charge in [0.15, 0.2) is 12.4 Å². The van der Waals surface area contributed by atoms with Gasteiger partial charge < -0.3 is 29.4 Å². The van der Waals surface area contributed by atoms with E-state index in [4.69, 9.17) is 29.4 Å². The van der Waals surface area contributed by atoms with Gasteiger partial charge in [0, 0.05) is 33.8 Å². The molecule has 0 amide bonds. The molecule has 1 aliphatic heterocycles. The molecule has 2 N–H and O–H groups in total. The number of hydrogen-bond donors (Lipinski definition) is 1. The van der Waals surface area contributed by atoms with Crippen LogP contribution in [0.15, 0.2) is 0 Å². The molecule has 0 bridgehead atoms. The van der Waals surface area contributed by atoms with Crippen molar-refractivity contribution in [2.75, 3.05) is 19.8 Å². The second-order valence-corrected chi connectivity index (χ2v) is 6.08. The van der Waals surface area contributed by atoms with Crippen LogP contribution in [-0.4, -0.2) is 62.3 Å². The van der Waals surface area contributed by atoms with Crippen molar-refractivity contribution < 1.29 is 38.1 Å². The van der Waals surface area contributed by atoms with E-state index in [1.54, 1.807) is 0 Å². The number of hydrogen-bond acceptors (Lipinski definition) is 9. The molecule has 1 aliphatic rings. The summed E-state index contributed by atoms with van der Waals surface area (Å²) in [7, 11) is 0. The van der Waals surface area contributed by atoms with Gasteiger partial charge in [0.25, 0.3) is 0 Å². The third kappa shape index (κ3) is 8.59. The molecule has 1 saturated heterocycles. The number of carbonyl (C=O) groups is 3. The Hall–Kier alpha value is -1.71. The molecule has 150 valence electrons. The molecule has 4 atom stereocenters. The van der Waals surface area contributed by atoms with Crippen LogP contribution in [0.4, 0.5) is 0 Å². The SMILES string of the molecule is CC(=O)OC[C@H]1O[C@@H](OCCCCCN)C[C@@H](OC(C)=O)[C@H]1OC(C)=O. The first-order valence-electron chi connectivity index (χ1n) is 8.78. The number of nitrogens with two attached hydrogens (primary N) is 1. The first-order chi connectivity index (χ1) is 12.3. The van der Waals surface area contributed by atoms with Crippen molar-refractivity contribution in [2.24, 2.45) is 5.73 Å². The van der Waals surface area contributed by atoms with Crippen LogP contribution in [0.3, 0.4) is 0 Å². The molecule has 0 unspecified atom stereocenters. The molecule has 0 saturated carbocycles. The maximum atomic E-state index is 11.4. The minimum Gasteiger partial charge on any atom is -0.463 e. The smallest absolute Gasteiger partial charge is 0.303 e. The van der Waals surface area contributed by atoms with Crippen molar-refractivity contribution in [3.8, 4) is 0 Å². The van der Waals surface area contributed by atoms with E-state index < -0.39 is 42.5 Å². The van der Waals surface area contributed by atoms with Crippen LogP contribution in [0, 0.1) is 0 Å².